The highest BCUT2D eigenvalue weighted by Crippen LogP contribution is 2.11. The molecule has 2 heterocycles. The monoisotopic (exact) mass is 323 g/mol. The second-order valence-electron chi connectivity index (χ2n) is 5.27. The van der Waals surface area contributed by atoms with Gasteiger partial charge in [0.05, 0.1) is 0 Å². The van der Waals surface area contributed by atoms with Crippen molar-refractivity contribution in [3.05, 3.63) is 66.1 Å². The molecule has 1 N–H and O–H groups in total. The minimum Gasteiger partial charge on any atom is -0.358 e. The van der Waals surface area contributed by atoms with Crippen LogP contribution in [0.3, 0.4) is 0 Å². The maximum Gasteiger partial charge on any atom is 0.275 e. The minimum atomic E-state index is -0.312. The summed E-state index contributed by atoms with van der Waals surface area (Å²) >= 11 is 0. The van der Waals surface area contributed by atoms with Crippen LogP contribution in [0.15, 0.2) is 54.9 Å². The van der Waals surface area contributed by atoms with E-state index in [9.17, 15) is 9.59 Å². The molecule has 0 saturated carbocycles. The van der Waals surface area contributed by atoms with E-state index < -0.39 is 0 Å². The number of aromatic nitrogens is 3. The van der Waals surface area contributed by atoms with Gasteiger partial charge in [0.2, 0.25) is 5.91 Å². The summed E-state index contributed by atoms with van der Waals surface area (Å²) in [6.45, 7) is 0.292. The van der Waals surface area contributed by atoms with E-state index in [1.807, 2.05) is 30.3 Å². The van der Waals surface area contributed by atoms with Gasteiger partial charge in [0, 0.05) is 32.1 Å². The molecule has 2 amide bonds. The van der Waals surface area contributed by atoms with Gasteiger partial charge in [-0.25, -0.2) is 9.50 Å². The second kappa shape index (κ2) is 6.91. The van der Waals surface area contributed by atoms with E-state index in [-0.39, 0.29) is 24.1 Å². The average Bonchev–Trinajstić information content (AvgIpc) is 3.05. The quantitative estimate of drug-likeness (QED) is 0.763. The lowest BCUT2D eigenvalue weighted by Crippen LogP contribution is -2.39. The van der Waals surface area contributed by atoms with Crippen LogP contribution in [0.5, 0.6) is 0 Å². The molecule has 0 spiro atoms. The predicted octanol–water partition coefficient (Wildman–Crippen LogP) is 1.12. The van der Waals surface area contributed by atoms with E-state index in [1.54, 1.807) is 31.6 Å². The summed E-state index contributed by atoms with van der Waals surface area (Å²) in [6, 6.07) is 12.9. The van der Waals surface area contributed by atoms with Gasteiger partial charge in [-0.05, 0) is 11.6 Å². The average molecular weight is 323 g/mol. The van der Waals surface area contributed by atoms with Crippen molar-refractivity contribution in [2.75, 3.05) is 13.6 Å². The summed E-state index contributed by atoms with van der Waals surface area (Å²) in [4.78, 5) is 30.2. The number of hydrogen-bond acceptors (Lipinski definition) is 4. The topological polar surface area (TPSA) is 79.6 Å². The summed E-state index contributed by atoms with van der Waals surface area (Å²) in [7, 11) is 1.54. The third-order valence-corrected chi connectivity index (χ3v) is 3.57. The maximum atomic E-state index is 12.8. The molecule has 0 saturated heterocycles. The number of rotatable bonds is 5. The Hall–Kier alpha value is -3.22. The Kier molecular flexibility index (Phi) is 4.51. The van der Waals surface area contributed by atoms with Gasteiger partial charge in [-0.3, -0.25) is 9.59 Å². The van der Waals surface area contributed by atoms with Crippen LogP contribution in [0.1, 0.15) is 16.1 Å². The molecule has 3 aromatic rings. The second-order valence-corrected chi connectivity index (χ2v) is 5.27. The Bertz CT molecular complexity index is 827. The maximum absolute atomic E-state index is 12.8. The van der Waals surface area contributed by atoms with Crippen molar-refractivity contribution >= 4 is 17.5 Å². The fraction of sp³-hybridized carbons (Fsp3) is 0.176. The van der Waals surface area contributed by atoms with E-state index >= 15 is 0 Å². The van der Waals surface area contributed by atoms with Crippen LogP contribution in [-0.4, -0.2) is 44.9 Å². The number of benzene rings is 1. The molecule has 0 radical (unpaired) electrons. The molecule has 7 heteroatoms. The van der Waals surface area contributed by atoms with Crippen LogP contribution in [0.2, 0.25) is 0 Å². The van der Waals surface area contributed by atoms with Gasteiger partial charge in [-0.2, -0.15) is 5.10 Å². The first-order valence-electron chi connectivity index (χ1n) is 7.51. The molecule has 0 aliphatic rings. The highest BCUT2D eigenvalue weighted by atomic mass is 16.2. The Labute approximate surface area is 138 Å². The molecule has 0 aliphatic heterocycles. The van der Waals surface area contributed by atoms with Crippen LogP contribution >= 0.6 is 0 Å². The summed E-state index contributed by atoms with van der Waals surface area (Å²) in [5.41, 5.74) is 1.78. The number of nitrogens with one attached hydrogen (secondary N) is 1. The standard InChI is InChI=1S/C17H17N5O2/c1-18-16(23)12-21(11-13-6-3-2-4-7-13)17(24)14-10-15-19-8-5-9-22(15)20-14/h2-10H,11-12H2,1H3,(H,18,23). The summed E-state index contributed by atoms with van der Waals surface area (Å²) in [5, 5.41) is 6.78. The SMILES string of the molecule is CNC(=O)CN(Cc1ccccc1)C(=O)c1cc2ncccn2n1. The van der Waals surface area contributed by atoms with Crippen LogP contribution in [-0.2, 0) is 11.3 Å². The lowest BCUT2D eigenvalue weighted by molar-refractivity contribution is -0.121. The van der Waals surface area contributed by atoms with Crippen molar-refractivity contribution in [1.82, 2.24) is 24.8 Å². The zero-order valence-corrected chi connectivity index (χ0v) is 13.2. The zero-order valence-electron chi connectivity index (χ0n) is 13.2. The lowest BCUT2D eigenvalue weighted by atomic mass is 10.2. The normalized spacial score (nSPS) is 10.5. The van der Waals surface area contributed by atoms with E-state index in [2.05, 4.69) is 15.4 Å². The smallest absolute Gasteiger partial charge is 0.275 e. The van der Waals surface area contributed by atoms with Crippen molar-refractivity contribution in [3.63, 3.8) is 0 Å². The first-order valence-corrected chi connectivity index (χ1v) is 7.51. The van der Waals surface area contributed by atoms with Gasteiger partial charge in [-0.1, -0.05) is 30.3 Å². The van der Waals surface area contributed by atoms with E-state index in [0.29, 0.717) is 12.2 Å². The first kappa shape index (κ1) is 15.7. The van der Waals surface area contributed by atoms with Gasteiger partial charge in [0.1, 0.15) is 6.54 Å². The van der Waals surface area contributed by atoms with Crippen LogP contribution in [0.25, 0.3) is 5.65 Å². The van der Waals surface area contributed by atoms with Gasteiger partial charge in [-0.15, -0.1) is 0 Å². The Morgan fingerprint density at radius 3 is 2.71 bits per heavy atom. The van der Waals surface area contributed by atoms with Gasteiger partial charge >= 0.3 is 0 Å². The molecule has 122 valence electrons. The van der Waals surface area contributed by atoms with Crippen LogP contribution < -0.4 is 5.32 Å². The number of fused-ring (bicyclic) bond motifs is 1. The van der Waals surface area contributed by atoms with Crippen molar-refractivity contribution in [2.24, 2.45) is 0 Å². The number of likely N-dealkylation sites (N-methyl/N-ethyl adjacent to an activating group) is 1. The fourth-order valence-corrected chi connectivity index (χ4v) is 2.35. The van der Waals surface area contributed by atoms with Crippen molar-refractivity contribution in [1.29, 1.82) is 0 Å². The number of carbonyl (C=O) groups excluding carboxylic acids is 2. The molecule has 7 nitrogen and oxygen atoms in total. The molecule has 0 unspecified atom stereocenters. The van der Waals surface area contributed by atoms with Crippen LogP contribution in [0, 0.1) is 0 Å². The van der Waals surface area contributed by atoms with Crippen molar-refractivity contribution < 1.29 is 9.59 Å². The Balaban J connectivity index is 1.88. The summed E-state index contributed by atoms with van der Waals surface area (Å²) < 4.78 is 1.54. The molecule has 1 aromatic carbocycles. The highest BCUT2D eigenvalue weighted by Gasteiger charge is 2.21. The summed E-state index contributed by atoms with van der Waals surface area (Å²) in [6.07, 6.45) is 3.36. The zero-order chi connectivity index (χ0) is 16.9. The number of hydrogen-bond donors (Lipinski definition) is 1. The minimum absolute atomic E-state index is 0.0362. The molecule has 0 aliphatic carbocycles. The van der Waals surface area contributed by atoms with Gasteiger partial charge in [0.15, 0.2) is 11.3 Å². The fourth-order valence-electron chi connectivity index (χ4n) is 2.35. The third-order valence-electron chi connectivity index (χ3n) is 3.57. The van der Waals surface area contributed by atoms with Gasteiger partial charge < -0.3 is 10.2 Å². The molecule has 3 rings (SSSR count). The van der Waals surface area contributed by atoms with Crippen molar-refractivity contribution in [2.45, 2.75) is 6.54 Å². The number of carbonyl (C=O) groups is 2. The first-order chi connectivity index (χ1) is 11.7. The van der Waals surface area contributed by atoms with Crippen molar-refractivity contribution in [3.8, 4) is 0 Å². The Morgan fingerprint density at radius 2 is 2.00 bits per heavy atom. The number of amides is 2. The predicted molar refractivity (Wildman–Crippen MR) is 88.2 cm³/mol. The van der Waals surface area contributed by atoms with E-state index in [4.69, 9.17) is 0 Å². The van der Waals surface area contributed by atoms with E-state index in [1.165, 1.54) is 9.42 Å². The van der Waals surface area contributed by atoms with Gasteiger partial charge in [0.25, 0.3) is 5.91 Å². The molecule has 24 heavy (non-hydrogen) atoms. The molecule has 2 aromatic heterocycles. The summed E-state index contributed by atoms with van der Waals surface area (Å²) in [5.74, 6) is -0.547. The highest BCUT2D eigenvalue weighted by molar-refractivity contribution is 5.95. The lowest BCUT2D eigenvalue weighted by Gasteiger charge is -2.21. The van der Waals surface area contributed by atoms with Crippen LogP contribution in [0.4, 0.5) is 0 Å². The van der Waals surface area contributed by atoms with E-state index in [0.717, 1.165) is 5.56 Å². The number of nitrogens with zero attached hydrogens (tertiary/aromatic N) is 4. The molecular formula is C17H17N5O2. The molecule has 0 bridgehead atoms. The third kappa shape index (κ3) is 3.40. The molecule has 0 atom stereocenters. The Morgan fingerprint density at radius 1 is 1.21 bits per heavy atom. The molecule has 0 fully saturated rings. The largest absolute Gasteiger partial charge is 0.358 e. The molecular weight excluding hydrogens is 306 g/mol.